The summed E-state index contributed by atoms with van der Waals surface area (Å²) in [5.74, 6) is -1.10. The van der Waals surface area contributed by atoms with Crippen molar-refractivity contribution in [3.63, 3.8) is 0 Å². The molecule has 6 nitrogen and oxygen atoms in total. The Balaban J connectivity index is 1.81. The van der Waals surface area contributed by atoms with E-state index in [-0.39, 0.29) is 12.3 Å². The van der Waals surface area contributed by atoms with Gasteiger partial charge >= 0.3 is 5.97 Å². The molecule has 3 N–H and O–H groups in total. The monoisotopic (exact) mass is 287 g/mol. The van der Waals surface area contributed by atoms with Gasteiger partial charge in [0.2, 0.25) is 0 Å². The second-order valence-corrected chi connectivity index (χ2v) is 5.68. The van der Waals surface area contributed by atoms with Crippen molar-refractivity contribution in [2.45, 2.75) is 37.6 Å². The summed E-state index contributed by atoms with van der Waals surface area (Å²) < 4.78 is 0. The number of H-pyrrole nitrogens is 1. The zero-order valence-electron chi connectivity index (χ0n) is 11.6. The van der Waals surface area contributed by atoms with Gasteiger partial charge in [-0.05, 0) is 25.0 Å². The van der Waals surface area contributed by atoms with Crippen LogP contribution in [0, 0.1) is 0 Å². The Hall–Kier alpha value is -2.37. The molecule has 1 saturated carbocycles. The van der Waals surface area contributed by atoms with Gasteiger partial charge in [0.05, 0.1) is 23.7 Å². The van der Waals surface area contributed by atoms with E-state index in [1.54, 1.807) is 18.3 Å². The predicted octanol–water partition coefficient (Wildman–Crippen LogP) is 2.08. The highest BCUT2D eigenvalue weighted by atomic mass is 16.4. The van der Waals surface area contributed by atoms with Crippen LogP contribution in [0.2, 0.25) is 0 Å². The van der Waals surface area contributed by atoms with Crippen molar-refractivity contribution in [1.29, 1.82) is 0 Å². The van der Waals surface area contributed by atoms with E-state index in [1.807, 2.05) is 6.07 Å². The van der Waals surface area contributed by atoms with Gasteiger partial charge in [-0.2, -0.15) is 5.10 Å². The van der Waals surface area contributed by atoms with Crippen LogP contribution in [0.15, 0.2) is 24.4 Å². The molecule has 2 aromatic rings. The van der Waals surface area contributed by atoms with E-state index in [4.69, 9.17) is 5.11 Å². The summed E-state index contributed by atoms with van der Waals surface area (Å²) in [6, 6.07) is 5.30. The summed E-state index contributed by atoms with van der Waals surface area (Å²) in [4.78, 5) is 23.5. The van der Waals surface area contributed by atoms with E-state index >= 15 is 0 Å². The van der Waals surface area contributed by atoms with E-state index < -0.39 is 11.5 Å². The van der Waals surface area contributed by atoms with Crippen molar-refractivity contribution in [2.75, 3.05) is 0 Å². The van der Waals surface area contributed by atoms with E-state index in [0.29, 0.717) is 5.56 Å². The zero-order valence-corrected chi connectivity index (χ0v) is 11.6. The summed E-state index contributed by atoms with van der Waals surface area (Å²) >= 11 is 0. The average molecular weight is 287 g/mol. The number of carboxylic acid groups (broad SMARTS) is 1. The van der Waals surface area contributed by atoms with Crippen LogP contribution in [0.5, 0.6) is 0 Å². The third-order valence-corrected chi connectivity index (χ3v) is 4.13. The molecule has 0 spiro atoms. The number of aliphatic carboxylic acids is 1. The highest BCUT2D eigenvalue weighted by molar-refractivity contribution is 5.98. The molecule has 0 aliphatic heterocycles. The molecule has 0 unspecified atom stereocenters. The lowest BCUT2D eigenvalue weighted by Crippen LogP contribution is -2.47. The molecule has 1 aliphatic rings. The van der Waals surface area contributed by atoms with Gasteiger partial charge in [-0.15, -0.1) is 0 Å². The lowest BCUT2D eigenvalue weighted by molar-refractivity contribution is -0.138. The van der Waals surface area contributed by atoms with Gasteiger partial charge in [0.1, 0.15) is 0 Å². The van der Waals surface area contributed by atoms with Crippen molar-refractivity contribution in [3.05, 3.63) is 30.0 Å². The number of carbonyl (C=O) groups excluding carboxylic acids is 1. The van der Waals surface area contributed by atoms with Gasteiger partial charge in [-0.25, -0.2) is 0 Å². The Morgan fingerprint density at radius 3 is 2.81 bits per heavy atom. The molecule has 1 aromatic heterocycles. The third-order valence-electron chi connectivity index (χ3n) is 4.13. The molecule has 0 saturated heterocycles. The number of benzene rings is 1. The van der Waals surface area contributed by atoms with Crippen molar-refractivity contribution in [3.8, 4) is 0 Å². The first-order valence-corrected chi connectivity index (χ1v) is 7.05. The van der Waals surface area contributed by atoms with Gasteiger partial charge in [0.15, 0.2) is 0 Å². The van der Waals surface area contributed by atoms with Gasteiger partial charge < -0.3 is 10.4 Å². The highest BCUT2D eigenvalue weighted by Gasteiger charge is 2.37. The van der Waals surface area contributed by atoms with Crippen LogP contribution >= 0.6 is 0 Å². The Labute approximate surface area is 121 Å². The second kappa shape index (κ2) is 5.20. The quantitative estimate of drug-likeness (QED) is 0.802. The first-order valence-electron chi connectivity index (χ1n) is 7.05. The van der Waals surface area contributed by atoms with E-state index in [9.17, 15) is 9.59 Å². The van der Waals surface area contributed by atoms with Crippen molar-refractivity contribution in [1.82, 2.24) is 15.5 Å². The smallest absolute Gasteiger partial charge is 0.305 e. The van der Waals surface area contributed by atoms with E-state index in [2.05, 4.69) is 15.5 Å². The van der Waals surface area contributed by atoms with Crippen LogP contribution < -0.4 is 5.32 Å². The Bertz CT molecular complexity index is 686. The standard InChI is InChI=1S/C15H17N3O3/c19-13(20)8-15(5-1-2-6-15)17-14(21)10-3-4-11-9-16-18-12(11)7-10/h3-4,7,9H,1-2,5-6,8H2,(H,16,18)(H,17,21)(H,19,20). The van der Waals surface area contributed by atoms with Crippen molar-refractivity contribution >= 4 is 22.8 Å². The first kappa shape index (κ1) is 13.6. The fourth-order valence-electron chi connectivity index (χ4n) is 3.08. The molecule has 0 radical (unpaired) electrons. The van der Waals surface area contributed by atoms with Crippen LogP contribution in [-0.4, -0.2) is 32.7 Å². The number of nitrogens with one attached hydrogen (secondary N) is 2. The van der Waals surface area contributed by atoms with Crippen LogP contribution in [-0.2, 0) is 4.79 Å². The average Bonchev–Trinajstić information content (AvgIpc) is 3.06. The van der Waals surface area contributed by atoms with Crippen molar-refractivity contribution in [2.24, 2.45) is 0 Å². The molecule has 1 aromatic carbocycles. The molecule has 3 rings (SSSR count). The van der Waals surface area contributed by atoms with Crippen LogP contribution in [0.4, 0.5) is 0 Å². The van der Waals surface area contributed by atoms with Crippen LogP contribution in [0.25, 0.3) is 10.9 Å². The summed E-state index contributed by atoms with van der Waals surface area (Å²) in [7, 11) is 0. The molecule has 6 heteroatoms. The SMILES string of the molecule is O=C(O)CC1(NC(=O)c2ccc3cn[nH]c3c2)CCCC1. The number of hydrogen-bond acceptors (Lipinski definition) is 3. The first-order chi connectivity index (χ1) is 10.1. The van der Waals surface area contributed by atoms with Crippen LogP contribution in [0.1, 0.15) is 42.5 Å². The topological polar surface area (TPSA) is 95.1 Å². The molecule has 1 heterocycles. The molecule has 1 fully saturated rings. The van der Waals surface area contributed by atoms with E-state index in [0.717, 1.165) is 36.6 Å². The molecule has 0 bridgehead atoms. The number of carboxylic acids is 1. The number of aromatic amines is 1. The third kappa shape index (κ3) is 2.74. The maximum absolute atomic E-state index is 12.4. The van der Waals surface area contributed by atoms with Crippen molar-refractivity contribution < 1.29 is 14.7 Å². The molecule has 1 aliphatic carbocycles. The number of amides is 1. The largest absolute Gasteiger partial charge is 0.481 e. The summed E-state index contributed by atoms with van der Waals surface area (Å²) in [5.41, 5.74) is 0.705. The zero-order chi connectivity index (χ0) is 14.9. The number of fused-ring (bicyclic) bond motifs is 1. The highest BCUT2D eigenvalue weighted by Crippen LogP contribution is 2.33. The Morgan fingerprint density at radius 2 is 2.10 bits per heavy atom. The maximum Gasteiger partial charge on any atom is 0.305 e. The lowest BCUT2D eigenvalue weighted by atomic mass is 9.92. The van der Waals surface area contributed by atoms with E-state index in [1.165, 1.54) is 0 Å². The summed E-state index contributed by atoms with van der Waals surface area (Å²) in [6.07, 6.45) is 5.01. The number of hydrogen-bond donors (Lipinski definition) is 3. The lowest BCUT2D eigenvalue weighted by Gasteiger charge is -2.28. The fourth-order valence-corrected chi connectivity index (χ4v) is 3.08. The number of nitrogens with zero attached hydrogens (tertiary/aromatic N) is 1. The maximum atomic E-state index is 12.4. The second-order valence-electron chi connectivity index (χ2n) is 5.68. The number of aromatic nitrogens is 2. The minimum atomic E-state index is -0.874. The molecular formula is C15H17N3O3. The fraction of sp³-hybridized carbons (Fsp3) is 0.400. The van der Waals surface area contributed by atoms with Gasteiger partial charge in [-0.3, -0.25) is 14.7 Å². The molecule has 21 heavy (non-hydrogen) atoms. The van der Waals surface area contributed by atoms with Gasteiger partial charge in [-0.1, -0.05) is 18.9 Å². The Morgan fingerprint density at radius 1 is 1.33 bits per heavy atom. The minimum absolute atomic E-state index is 0.0228. The molecule has 0 atom stereocenters. The van der Waals surface area contributed by atoms with Gasteiger partial charge in [0, 0.05) is 10.9 Å². The summed E-state index contributed by atoms with van der Waals surface area (Å²) in [6.45, 7) is 0. The van der Waals surface area contributed by atoms with Gasteiger partial charge in [0.25, 0.3) is 5.91 Å². The normalized spacial score (nSPS) is 17.0. The predicted molar refractivity (Wildman–Crippen MR) is 77.0 cm³/mol. The van der Waals surface area contributed by atoms with Crippen LogP contribution in [0.3, 0.4) is 0 Å². The summed E-state index contributed by atoms with van der Waals surface area (Å²) in [5, 5.41) is 19.7. The molecule has 1 amide bonds. The molecular weight excluding hydrogens is 270 g/mol. The molecule has 110 valence electrons. The Kier molecular flexibility index (Phi) is 3.37. The minimum Gasteiger partial charge on any atom is -0.481 e. The number of carbonyl (C=O) groups is 2. The number of rotatable bonds is 4.